The van der Waals surface area contributed by atoms with Crippen LogP contribution in [0.15, 0.2) is 23.2 Å². The van der Waals surface area contributed by atoms with Gasteiger partial charge in [-0.25, -0.2) is 13.4 Å². The minimum absolute atomic E-state index is 0.000675. The lowest BCUT2D eigenvalue weighted by Gasteiger charge is -2.34. The molecule has 1 aliphatic rings. The molecule has 1 aromatic heterocycles. The average molecular weight is 324 g/mol. The van der Waals surface area contributed by atoms with E-state index in [9.17, 15) is 21.6 Å². The highest BCUT2D eigenvalue weighted by Crippen LogP contribution is 2.21. The topological polar surface area (TPSA) is 79.5 Å². The van der Waals surface area contributed by atoms with Crippen LogP contribution in [0.5, 0.6) is 0 Å². The molecule has 2 heterocycles. The number of pyridine rings is 1. The maximum atomic E-state index is 12.3. The molecule has 118 valence electrons. The zero-order valence-electron chi connectivity index (χ0n) is 11.0. The smallest absolute Gasteiger partial charge is 0.384 e. The predicted octanol–water partition coefficient (Wildman–Crippen LogP) is 0.532. The largest absolute Gasteiger partial charge is 0.401 e. The van der Waals surface area contributed by atoms with Gasteiger partial charge in [0.15, 0.2) is 0 Å². The lowest BCUT2D eigenvalue weighted by Crippen LogP contribution is -2.50. The molecule has 0 spiro atoms. The van der Waals surface area contributed by atoms with Crippen LogP contribution in [0, 0.1) is 0 Å². The number of rotatable bonds is 3. The Balaban J connectivity index is 2.05. The first-order valence-corrected chi connectivity index (χ1v) is 7.63. The molecule has 2 N–H and O–H groups in total. The molecule has 0 aromatic carbocycles. The maximum Gasteiger partial charge on any atom is 0.401 e. The van der Waals surface area contributed by atoms with Crippen molar-refractivity contribution in [3.05, 3.63) is 18.3 Å². The Hall–Kier alpha value is -1.39. The van der Waals surface area contributed by atoms with Gasteiger partial charge in [0.2, 0.25) is 10.0 Å². The molecule has 1 aromatic rings. The minimum atomic E-state index is -4.28. The first-order valence-electron chi connectivity index (χ1n) is 6.19. The maximum absolute atomic E-state index is 12.3. The van der Waals surface area contributed by atoms with Crippen LogP contribution in [-0.4, -0.2) is 61.5 Å². The Kier molecular flexibility index (Phi) is 4.40. The van der Waals surface area contributed by atoms with Gasteiger partial charge in [-0.1, -0.05) is 0 Å². The first-order chi connectivity index (χ1) is 9.68. The molecule has 1 saturated heterocycles. The second-order valence-corrected chi connectivity index (χ2v) is 6.65. The van der Waals surface area contributed by atoms with Gasteiger partial charge in [-0.15, -0.1) is 0 Å². The molecule has 0 bridgehead atoms. The molecule has 0 aliphatic carbocycles. The van der Waals surface area contributed by atoms with Crippen molar-refractivity contribution in [3.8, 4) is 0 Å². The van der Waals surface area contributed by atoms with Gasteiger partial charge < -0.3 is 5.73 Å². The van der Waals surface area contributed by atoms with E-state index in [-0.39, 0.29) is 36.9 Å². The molecule has 2 rings (SSSR count). The van der Waals surface area contributed by atoms with Crippen LogP contribution >= 0.6 is 0 Å². The van der Waals surface area contributed by atoms with E-state index < -0.39 is 22.7 Å². The highest BCUT2D eigenvalue weighted by Gasteiger charge is 2.34. The number of aromatic nitrogens is 1. The van der Waals surface area contributed by atoms with E-state index in [0.29, 0.717) is 0 Å². The zero-order chi connectivity index (χ0) is 15.7. The van der Waals surface area contributed by atoms with Crippen LogP contribution in [0.1, 0.15) is 0 Å². The van der Waals surface area contributed by atoms with Crippen LogP contribution in [0.2, 0.25) is 0 Å². The van der Waals surface area contributed by atoms with Crippen molar-refractivity contribution in [1.82, 2.24) is 14.2 Å². The van der Waals surface area contributed by atoms with E-state index in [4.69, 9.17) is 5.73 Å². The van der Waals surface area contributed by atoms with Gasteiger partial charge in [-0.2, -0.15) is 17.5 Å². The SMILES string of the molecule is Nc1cc(S(=O)(=O)N2CCN(CC(F)(F)F)CC2)ccn1. The van der Waals surface area contributed by atoms with Crippen LogP contribution in [0.4, 0.5) is 19.0 Å². The predicted molar refractivity (Wildman–Crippen MR) is 69.9 cm³/mol. The molecular formula is C11H15F3N4O2S. The quantitative estimate of drug-likeness (QED) is 0.877. The number of nitrogens with zero attached hydrogens (tertiary/aromatic N) is 3. The molecule has 1 fully saturated rings. The molecule has 0 amide bonds. The third-order valence-electron chi connectivity index (χ3n) is 3.12. The van der Waals surface area contributed by atoms with Crippen LogP contribution in [-0.2, 0) is 10.0 Å². The van der Waals surface area contributed by atoms with Crippen molar-refractivity contribution < 1.29 is 21.6 Å². The Labute approximate surface area is 120 Å². The summed E-state index contributed by atoms with van der Waals surface area (Å²) in [5.74, 6) is 0.0757. The summed E-state index contributed by atoms with van der Waals surface area (Å²) in [6, 6.07) is 2.55. The number of piperazine rings is 1. The zero-order valence-corrected chi connectivity index (χ0v) is 11.9. The number of hydrogen-bond donors (Lipinski definition) is 1. The molecule has 6 nitrogen and oxygen atoms in total. The third kappa shape index (κ3) is 4.05. The molecule has 0 unspecified atom stereocenters. The second-order valence-electron chi connectivity index (χ2n) is 4.71. The van der Waals surface area contributed by atoms with Gasteiger partial charge in [-0.3, -0.25) is 4.90 Å². The summed E-state index contributed by atoms with van der Waals surface area (Å²) in [7, 11) is -3.75. The molecule has 0 saturated carbocycles. The summed E-state index contributed by atoms with van der Waals surface area (Å²) in [6.07, 6.45) is -3.00. The van der Waals surface area contributed by atoms with Crippen LogP contribution in [0.3, 0.4) is 0 Å². The monoisotopic (exact) mass is 324 g/mol. The van der Waals surface area contributed by atoms with Crippen molar-refractivity contribution in [3.63, 3.8) is 0 Å². The van der Waals surface area contributed by atoms with E-state index in [2.05, 4.69) is 4.98 Å². The van der Waals surface area contributed by atoms with Crippen molar-refractivity contribution in [1.29, 1.82) is 0 Å². The van der Waals surface area contributed by atoms with Gasteiger partial charge >= 0.3 is 6.18 Å². The summed E-state index contributed by atoms with van der Waals surface area (Å²) < 4.78 is 62.7. The van der Waals surface area contributed by atoms with Gasteiger partial charge in [0.25, 0.3) is 0 Å². The highest BCUT2D eigenvalue weighted by atomic mass is 32.2. The van der Waals surface area contributed by atoms with E-state index in [0.717, 1.165) is 4.31 Å². The number of nitrogen functional groups attached to an aromatic ring is 1. The van der Waals surface area contributed by atoms with E-state index in [1.54, 1.807) is 0 Å². The summed E-state index contributed by atoms with van der Waals surface area (Å²) in [6.45, 7) is -0.914. The van der Waals surface area contributed by atoms with Gasteiger partial charge in [0.05, 0.1) is 11.4 Å². The van der Waals surface area contributed by atoms with Crippen molar-refractivity contribution in [2.45, 2.75) is 11.1 Å². The highest BCUT2D eigenvalue weighted by molar-refractivity contribution is 7.89. The van der Waals surface area contributed by atoms with E-state index in [1.807, 2.05) is 0 Å². The van der Waals surface area contributed by atoms with E-state index >= 15 is 0 Å². The Morgan fingerprint density at radius 2 is 1.86 bits per heavy atom. The van der Waals surface area contributed by atoms with Crippen molar-refractivity contribution >= 4 is 15.8 Å². The average Bonchev–Trinajstić information content (AvgIpc) is 2.37. The lowest BCUT2D eigenvalue weighted by atomic mass is 10.3. The summed E-state index contributed by atoms with van der Waals surface area (Å²) >= 11 is 0. The first kappa shape index (κ1) is 16.0. The van der Waals surface area contributed by atoms with Crippen molar-refractivity contribution in [2.75, 3.05) is 38.5 Å². The molecule has 21 heavy (non-hydrogen) atoms. The Morgan fingerprint density at radius 1 is 1.24 bits per heavy atom. The summed E-state index contributed by atoms with van der Waals surface area (Å²) in [5, 5.41) is 0. The lowest BCUT2D eigenvalue weighted by molar-refractivity contribution is -0.148. The number of nitrogens with two attached hydrogens (primary N) is 1. The van der Waals surface area contributed by atoms with Crippen molar-refractivity contribution in [2.24, 2.45) is 0 Å². The minimum Gasteiger partial charge on any atom is -0.384 e. The third-order valence-corrected chi connectivity index (χ3v) is 5.02. The standard InChI is InChI=1S/C11H15F3N4O2S/c12-11(13,14)8-17-3-5-18(6-4-17)21(19,20)9-1-2-16-10(15)7-9/h1-2,7H,3-6,8H2,(H2,15,16). The molecule has 0 atom stereocenters. The summed E-state index contributed by atoms with van der Waals surface area (Å²) in [4.78, 5) is 4.90. The molecule has 0 radical (unpaired) electrons. The number of sulfonamides is 1. The normalized spacial score (nSPS) is 18.8. The van der Waals surface area contributed by atoms with Crippen LogP contribution < -0.4 is 5.73 Å². The van der Waals surface area contributed by atoms with Gasteiger partial charge in [0, 0.05) is 38.4 Å². The number of hydrogen-bond acceptors (Lipinski definition) is 5. The fourth-order valence-electron chi connectivity index (χ4n) is 2.12. The van der Waals surface area contributed by atoms with Crippen LogP contribution in [0.25, 0.3) is 0 Å². The number of halogens is 3. The molecule has 10 heteroatoms. The molecular weight excluding hydrogens is 309 g/mol. The fraction of sp³-hybridized carbons (Fsp3) is 0.545. The number of alkyl halides is 3. The second kappa shape index (κ2) is 5.78. The van der Waals surface area contributed by atoms with E-state index in [1.165, 1.54) is 23.2 Å². The summed E-state index contributed by atoms with van der Waals surface area (Å²) in [5.41, 5.74) is 5.45. The number of anilines is 1. The van der Waals surface area contributed by atoms with Gasteiger partial charge in [0.1, 0.15) is 5.82 Å². The molecule has 1 aliphatic heterocycles. The Bertz CT molecular complexity index is 598. The Morgan fingerprint density at radius 3 is 2.38 bits per heavy atom. The fourth-order valence-corrected chi connectivity index (χ4v) is 3.56. The van der Waals surface area contributed by atoms with Gasteiger partial charge in [-0.05, 0) is 6.07 Å².